The van der Waals surface area contributed by atoms with E-state index in [1.165, 1.54) is 22.3 Å². The molecular weight excluding hydrogens is 987 g/mol. The van der Waals surface area contributed by atoms with Crippen LogP contribution in [0, 0.1) is 5.92 Å². The third-order valence-corrected chi connectivity index (χ3v) is 14.0. The van der Waals surface area contributed by atoms with Crippen LogP contribution in [0.25, 0.3) is 28.0 Å². The Morgan fingerprint density at radius 1 is 0.727 bits per heavy atom. The van der Waals surface area contributed by atoms with Crippen molar-refractivity contribution >= 4 is 40.4 Å². The molecule has 1 saturated heterocycles. The highest BCUT2D eigenvalue weighted by Gasteiger charge is 2.44. The summed E-state index contributed by atoms with van der Waals surface area (Å²) >= 11 is 0. The van der Waals surface area contributed by atoms with Crippen molar-refractivity contribution < 1.29 is 71.6 Å². The molecule has 0 amide bonds. The second kappa shape index (κ2) is 27.0. The van der Waals surface area contributed by atoms with Gasteiger partial charge in [-0.05, 0) is 71.3 Å². The van der Waals surface area contributed by atoms with Gasteiger partial charge in [0.2, 0.25) is 0 Å². The third-order valence-electron chi connectivity index (χ3n) is 14.0. The molecule has 3 aliphatic rings. The number of carboxylic acids is 1. The molecule has 2 aliphatic heterocycles. The van der Waals surface area contributed by atoms with Gasteiger partial charge in [0.05, 0.1) is 98.0 Å². The van der Waals surface area contributed by atoms with Crippen LogP contribution >= 0.6 is 0 Å². The Balaban J connectivity index is 0.824. The number of fused-ring (bicyclic) bond motifs is 8. The summed E-state index contributed by atoms with van der Waals surface area (Å²) in [6.07, 6.45) is 4.30. The van der Waals surface area contributed by atoms with Gasteiger partial charge in [-0.25, -0.2) is 4.79 Å². The van der Waals surface area contributed by atoms with Crippen LogP contribution in [0.3, 0.4) is 0 Å². The number of carbonyl (C=O) groups excluding carboxylic acids is 2. The minimum atomic E-state index is -1.07. The average molecular weight is 1060 g/mol. The maximum atomic E-state index is 12.6. The zero-order valence-corrected chi connectivity index (χ0v) is 44.6. The number of rotatable bonds is 30. The van der Waals surface area contributed by atoms with Gasteiger partial charge in [0.25, 0.3) is 0 Å². The van der Waals surface area contributed by atoms with Gasteiger partial charge < -0.3 is 62.1 Å². The van der Waals surface area contributed by atoms with Crippen LogP contribution in [0.1, 0.15) is 61.4 Å². The molecule has 1 aliphatic carbocycles. The SMILES string of the molecule is C=C(C)C(=O)OCCOCCOCCOCCOCCOCCOC(=O)CCC(COc1ccc(C2(c3ccccc3)C=Cc3c4c(c5cc(N6CCOCC6)c(OC)cc5c3O2)-c2ccccc2C4(C)C)cc1)C(=O)O. The number of carbonyl (C=O) groups is 3. The smallest absolute Gasteiger partial charge is 0.333 e. The molecule has 410 valence electrons. The topological polar surface area (TPSA) is 176 Å². The van der Waals surface area contributed by atoms with Crippen molar-refractivity contribution in [2.24, 2.45) is 5.92 Å². The quantitative estimate of drug-likeness (QED) is 0.0262. The molecule has 2 unspecified atom stereocenters. The van der Waals surface area contributed by atoms with Gasteiger partial charge in [-0.3, -0.25) is 9.59 Å². The number of morpholine rings is 1. The van der Waals surface area contributed by atoms with Crippen LogP contribution in [0.15, 0.2) is 109 Å². The first kappa shape index (κ1) is 56.4. The molecule has 0 saturated carbocycles. The number of hydrogen-bond donors (Lipinski definition) is 1. The predicted molar refractivity (Wildman–Crippen MR) is 291 cm³/mol. The Morgan fingerprint density at radius 2 is 1.31 bits per heavy atom. The van der Waals surface area contributed by atoms with Gasteiger partial charge in [-0.1, -0.05) is 93.2 Å². The van der Waals surface area contributed by atoms with Crippen LogP contribution in [0.4, 0.5) is 5.69 Å². The number of methoxy groups -OCH3 is 1. The van der Waals surface area contributed by atoms with E-state index in [4.69, 9.17) is 52.1 Å². The molecule has 5 aromatic carbocycles. The van der Waals surface area contributed by atoms with Crippen LogP contribution < -0.4 is 19.1 Å². The van der Waals surface area contributed by atoms with Gasteiger partial charge >= 0.3 is 17.9 Å². The van der Waals surface area contributed by atoms with Crippen molar-refractivity contribution in [1.29, 1.82) is 0 Å². The molecule has 0 radical (unpaired) electrons. The zero-order chi connectivity index (χ0) is 54.2. The van der Waals surface area contributed by atoms with E-state index < -0.39 is 29.4 Å². The first-order valence-electron chi connectivity index (χ1n) is 26.3. The standard InChI is InChI=1S/C61H71NO15/c1-42(2)59(66)75-38-36-73-34-32-71-30-28-69-27-29-70-31-33-72-35-37-74-54(63)20-15-43(58(64)65)41-76-46-18-16-45(17-19-46)61(44-11-7-6-8-12-44)22-21-48-56-55(47-13-9-10-14-51(47)60(56,3)4)49-39-52(62-23-25-68-26-24-62)53(67-5)40-50(49)57(48)77-61/h6-14,16-19,21-22,39-40,43H,1,15,20,23-38,41H2,2-5H3,(H,64,65). The maximum absolute atomic E-state index is 12.6. The summed E-state index contributed by atoms with van der Waals surface area (Å²) in [5.41, 5.74) is 7.69. The van der Waals surface area contributed by atoms with E-state index in [-0.39, 0.29) is 51.3 Å². The minimum absolute atomic E-state index is 0.0275. The fourth-order valence-corrected chi connectivity index (χ4v) is 9.99. The first-order chi connectivity index (χ1) is 37.4. The van der Waals surface area contributed by atoms with E-state index in [9.17, 15) is 19.5 Å². The number of anilines is 1. The highest BCUT2D eigenvalue weighted by atomic mass is 16.6. The number of esters is 2. The lowest BCUT2D eigenvalue weighted by Gasteiger charge is -2.39. The summed E-state index contributed by atoms with van der Waals surface area (Å²) < 4.78 is 63.0. The molecule has 1 fully saturated rings. The largest absolute Gasteiger partial charge is 0.495 e. The van der Waals surface area contributed by atoms with Crippen molar-refractivity contribution in [3.05, 3.63) is 137 Å². The van der Waals surface area contributed by atoms with E-state index >= 15 is 0 Å². The van der Waals surface area contributed by atoms with Gasteiger partial charge in [-0.15, -0.1) is 0 Å². The summed E-state index contributed by atoms with van der Waals surface area (Å²) in [6, 6.07) is 30.8. The Hall–Kier alpha value is -6.79. The number of aliphatic carboxylic acids is 1. The highest BCUT2D eigenvalue weighted by Crippen LogP contribution is 2.59. The monoisotopic (exact) mass is 1060 g/mol. The molecule has 5 aromatic rings. The number of benzene rings is 5. The molecular formula is C61H71NO15. The van der Waals surface area contributed by atoms with Gasteiger partial charge in [-0.2, -0.15) is 0 Å². The average Bonchev–Trinajstić information content (AvgIpc) is 3.79. The molecule has 2 atom stereocenters. The molecule has 8 rings (SSSR count). The number of hydrogen-bond acceptors (Lipinski definition) is 15. The normalized spacial score (nSPS) is 16.4. The fourth-order valence-electron chi connectivity index (χ4n) is 9.99. The molecule has 0 bridgehead atoms. The van der Waals surface area contributed by atoms with Gasteiger partial charge in [0.1, 0.15) is 37.1 Å². The summed E-state index contributed by atoms with van der Waals surface area (Å²) in [5.74, 6) is -0.989. The Kier molecular flexibility index (Phi) is 19.8. The molecule has 1 N–H and O–H groups in total. The zero-order valence-electron chi connectivity index (χ0n) is 44.6. The molecule has 0 aromatic heterocycles. The van der Waals surface area contributed by atoms with Crippen molar-refractivity contribution in [2.75, 3.05) is 124 Å². The molecule has 2 heterocycles. The molecule has 0 spiro atoms. The van der Waals surface area contributed by atoms with E-state index in [0.717, 1.165) is 57.7 Å². The first-order valence-corrected chi connectivity index (χ1v) is 26.3. The lowest BCUT2D eigenvalue weighted by atomic mass is 9.76. The van der Waals surface area contributed by atoms with E-state index in [1.54, 1.807) is 14.0 Å². The Bertz CT molecular complexity index is 2840. The number of nitrogens with zero attached hydrogens (tertiary/aromatic N) is 1. The lowest BCUT2D eigenvalue weighted by molar-refractivity contribution is -0.147. The second-order valence-corrected chi connectivity index (χ2v) is 19.5. The summed E-state index contributed by atoms with van der Waals surface area (Å²) in [7, 11) is 1.72. The third kappa shape index (κ3) is 13.7. The van der Waals surface area contributed by atoms with Crippen molar-refractivity contribution in [3.63, 3.8) is 0 Å². The van der Waals surface area contributed by atoms with Crippen LogP contribution in [0.2, 0.25) is 0 Å². The molecule has 16 heteroatoms. The fraction of sp³-hybridized carbons (Fsp3) is 0.426. The summed E-state index contributed by atoms with van der Waals surface area (Å²) in [5, 5.41) is 12.1. The van der Waals surface area contributed by atoms with Crippen LogP contribution in [-0.4, -0.2) is 142 Å². The van der Waals surface area contributed by atoms with Crippen molar-refractivity contribution in [2.45, 2.75) is 44.6 Å². The van der Waals surface area contributed by atoms with E-state index in [2.05, 4.69) is 86.0 Å². The van der Waals surface area contributed by atoms with E-state index in [0.29, 0.717) is 77.4 Å². The lowest BCUT2D eigenvalue weighted by Crippen LogP contribution is -2.36. The number of ether oxygens (including phenoxy) is 11. The van der Waals surface area contributed by atoms with E-state index in [1.807, 2.05) is 42.5 Å². The Morgan fingerprint density at radius 3 is 1.92 bits per heavy atom. The van der Waals surface area contributed by atoms with Crippen LogP contribution in [0.5, 0.6) is 17.2 Å². The highest BCUT2D eigenvalue weighted by molar-refractivity contribution is 6.10. The van der Waals surface area contributed by atoms with Gasteiger partial charge in [0, 0.05) is 52.6 Å². The molecule has 77 heavy (non-hydrogen) atoms. The van der Waals surface area contributed by atoms with Crippen molar-refractivity contribution in [1.82, 2.24) is 0 Å². The second-order valence-electron chi connectivity index (χ2n) is 19.5. The van der Waals surface area contributed by atoms with Crippen LogP contribution in [-0.2, 0) is 63.3 Å². The number of carboxylic acid groups (broad SMARTS) is 1. The summed E-state index contributed by atoms with van der Waals surface area (Å²) in [4.78, 5) is 38.6. The maximum Gasteiger partial charge on any atom is 0.333 e. The van der Waals surface area contributed by atoms with Crippen molar-refractivity contribution in [3.8, 4) is 28.4 Å². The van der Waals surface area contributed by atoms with Gasteiger partial charge in [0.15, 0.2) is 5.60 Å². The Labute approximate surface area is 450 Å². The summed E-state index contributed by atoms with van der Waals surface area (Å²) in [6.45, 7) is 16.0. The predicted octanol–water partition coefficient (Wildman–Crippen LogP) is 8.95. The minimum Gasteiger partial charge on any atom is -0.495 e. The molecule has 16 nitrogen and oxygen atoms in total.